The van der Waals surface area contributed by atoms with Crippen LogP contribution >= 0.6 is 0 Å². The Morgan fingerprint density at radius 2 is 2.05 bits per heavy atom. The predicted molar refractivity (Wildman–Crippen MR) is 77.2 cm³/mol. The minimum Gasteiger partial charge on any atom is -0.159 e. The van der Waals surface area contributed by atoms with Gasteiger partial charge in [0.05, 0.1) is 5.69 Å². The van der Waals surface area contributed by atoms with Crippen LogP contribution in [0.3, 0.4) is 0 Å². The smallest absolute Gasteiger partial charge is 0.0634 e. The first-order valence-electron chi connectivity index (χ1n) is 7.04. The molecule has 0 atom stereocenters. The van der Waals surface area contributed by atoms with E-state index in [0.29, 0.717) is 5.41 Å². The van der Waals surface area contributed by atoms with Gasteiger partial charge < -0.3 is 0 Å². The maximum Gasteiger partial charge on any atom is 0.0634 e. The third-order valence-electron chi connectivity index (χ3n) is 4.22. The number of hydrogen-bond donors (Lipinski definition) is 0. The Balaban J connectivity index is 1.77. The van der Waals surface area contributed by atoms with Crippen LogP contribution in [0.2, 0.25) is 0 Å². The molecule has 19 heavy (non-hydrogen) atoms. The van der Waals surface area contributed by atoms with Gasteiger partial charge in [0.1, 0.15) is 0 Å². The summed E-state index contributed by atoms with van der Waals surface area (Å²) in [5.74, 6) is 0. The minimum atomic E-state index is 0.345. The Morgan fingerprint density at radius 3 is 2.84 bits per heavy atom. The van der Waals surface area contributed by atoms with Crippen LogP contribution in [0.4, 0.5) is 0 Å². The molecule has 1 aromatic heterocycles. The molecule has 2 aromatic rings. The summed E-state index contributed by atoms with van der Waals surface area (Å²) in [5, 5.41) is 8.07. The first kappa shape index (κ1) is 12.3. The number of rotatable bonds is 3. The number of fused-ring (bicyclic) bond motifs is 1. The van der Waals surface area contributed by atoms with E-state index >= 15 is 0 Å². The van der Waals surface area contributed by atoms with E-state index in [2.05, 4.69) is 42.2 Å². The highest BCUT2D eigenvalue weighted by Gasteiger charge is 2.29. The molecule has 2 heteroatoms. The van der Waals surface area contributed by atoms with Crippen LogP contribution in [-0.4, -0.2) is 10.2 Å². The molecule has 0 aliphatic heterocycles. The van der Waals surface area contributed by atoms with E-state index in [-0.39, 0.29) is 0 Å². The van der Waals surface area contributed by atoms with Crippen molar-refractivity contribution < 1.29 is 0 Å². The second kappa shape index (κ2) is 4.76. The molecule has 2 nitrogen and oxygen atoms in total. The molecule has 1 aliphatic rings. The SMILES string of the molecule is CC1(C)CCc2ccc(CCc3cccnn3)cc21. The van der Waals surface area contributed by atoms with Gasteiger partial charge in [0.15, 0.2) is 0 Å². The van der Waals surface area contributed by atoms with Crippen LogP contribution in [0.15, 0.2) is 36.5 Å². The van der Waals surface area contributed by atoms with E-state index in [0.717, 1.165) is 18.5 Å². The van der Waals surface area contributed by atoms with Crippen molar-refractivity contribution >= 4 is 0 Å². The monoisotopic (exact) mass is 252 g/mol. The Labute approximate surface area is 114 Å². The summed E-state index contributed by atoms with van der Waals surface area (Å²) < 4.78 is 0. The fourth-order valence-corrected chi connectivity index (χ4v) is 2.95. The molecular weight excluding hydrogens is 232 g/mol. The van der Waals surface area contributed by atoms with Gasteiger partial charge in [-0.2, -0.15) is 10.2 Å². The Bertz CT molecular complexity index is 573. The summed E-state index contributed by atoms with van der Waals surface area (Å²) in [6.07, 6.45) is 6.24. The summed E-state index contributed by atoms with van der Waals surface area (Å²) in [5.41, 5.74) is 5.91. The number of aryl methyl sites for hydroxylation is 3. The van der Waals surface area contributed by atoms with Crippen LogP contribution in [0.25, 0.3) is 0 Å². The first-order chi connectivity index (χ1) is 9.15. The summed E-state index contributed by atoms with van der Waals surface area (Å²) in [7, 11) is 0. The minimum absolute atomic E-state index is 0.345. The van der Waals surface area contributed by atoms with Crippen molar-refractivity contribution in [3.8, 4) is 0 Å². The fraction of sp³-hybridized carbons (Fsp3) is 0.412. The number of benzene rings is 1. The molecule has 0 radical (unpaired) electrons. The van der Waals surface area contributed by atoms with Gasteiger partial charge in [-0.1, -0.05) is 32.0 Å². The van der Waals surface area contributed by atoms with E-state index < -0.39 is 0 Å². The fourth-order valence-electron chi connectivity index (χ4n) is 2.95. The average Bonchev–Trinajstić information content (AvgIpc) is 2.73. The van der Waals surface area contributed by atoms with Gasteiger partial charge in [0.2, 0.25) is 0 Å². The highest BCUT2D eigenvalue weighted by atomic mass is 15.1. The molecule has 1 aromatic carbocycles. The predicted octanol–water partition coefficient (Wildman–Crippen LogP) is 3.49. The zero-order valence-corrected chi connectivity index (χ0v) is 11.7. The number of nitrogens with zero attached hydrogens (tertiary/aromatic N) is 2. The maximum atomic E-state index is 4.14. The first-order valence-corrected chi connectivity index (χ1v) is 7.04. The van der Waals surface area contributed by atoms with Crippen molar-refractivity contribution in [1.82, 2.24) is 10.2 Å². The molecule has 3 rings (SSSR count). The average molecular weight is 252 g/mol. The number of aromatic nitrogens is 2. The molecule has 0 amide bonds. The highest BCUT2D eigenvalue weighted by Crippen LogP contribution is 2.38. The quantitative estimate of drug-likeness (QED) is 0.835. The molecule has 0 spiro atoms. The van der Waals surface area contributed by atoms with Gasteiger partial charge in [-0.25, -0.2) is 0 Å². The van der Waals surface area contributed by atoms with Crippen molar-refractivity contribution in [3.63, 3.8) is 0 Å². The van der Waals surface area contributed by atoms with Gasteiger partial charge in [0.25, 0.3) is 0 Å². The molecule has 0 fully saturated rings. The van der Waals surface area contributed by atoms with Crippen molar-refractivity contribution in [1.29, 1.82) is 0 Å². The third kappa shape index (κ3) is 2.53. The van der Waals surface area contributed by atoms with Crippen LogP contribution in [0, 0.1) is 0 Å². The van der Waals surface area contributed by atoms with Crippen molar-refractivity contribution in [2.24, 2.45) is 0 Å². The lowest BCUT2D eigenvalue weighted by molar-refractivity contribution is 0.522. The van der Waals surface area contributed by atoms with Gasteiger partial charge in [-0.15, -0.1) is 0 Å². The van der Waals surface area contributed by atoms with E-state index in [9.17, 15) is 0 Å². The lowest BCUT2D eigenvalue weighted by Crippen LogP contribution is -2.12. The van der Waals surface area contributed by atoms with E-state index in [4.69, 9.17) is 0 Å². The molecular formula is C17H20N2. The lowest BCUT2D eigenvalue weighted by Gasteiger charge is -2.19. The van der Waals surface area contributed by atoms with E-state index in [1.54, 1.807) is 11.8 Å². The topological polar surface area (TPSA) is 25.8 Å². The maximum absolute atomic E-state index is 4.14. The normalized spacial score (nSPS) is 16.3. The van der Waals surface area contributed by atoms with E-state index in [1.165, 1.54) is 24.0 Å². The molecule has 1 heterocycles. The van der Waals surface area contributed by atoms with Crippen LogP contribution < -0.4 is 0 Å². The summed E-state index contributed by atoms with van der Waals surface area (Å²) >= 11 is 0. The Hall–Kier alpha value is -1.70. The van der Waals surface area contributed by atoms with Crippen LogP contribution in [0.1, 0.15) is 42.7 Å². The van der Waals surface area contributed by atoms with Crippen molar-refractivity contribution in [2.75, 3.05) is 0 Å². The molecule has 0 unspecified atom stereocenters. The second-order valence-corrected chi connectivity index (χ2v) is 6.09. The van der Waals surface area contributed by atoms with Gasteiger partial charge >= 0.3 is 0 Å². The zero-order chi connectivity index (χ0) is 13.3. The summed E-state index contributed by atoms with van der Waals surface area (Å²) in [6, 6.07) is 11.0. The molecule has 98 valence electrons. The Kier molecular flexibility index (Phi) is 3.09. The van der Waals surface area contributed by atoms with Gasteiger partial charge in [-0.05, 0) is 59.9 Å². The third-order valence-corrected chi connectivity index (χ3v) is 4.22. The molecule has 0 N–H and O–H groups in total. The molecule has 1 aliphatic carbocycles. The lowest BCUT2D eigenvalue weighted by atomic mass is 9.85. The number of hydrogen-bond acceptors (Lipinski definition) is 2. The zero-order valence-electron chi connectivity index (χ0n) is 11.7. The van der Waals surface area contributed by atoms with Crippen LogP contribution in [0.5, 0.6) is 0 Å². The molecule has 0 bridgehead atoms. The standard InChI is InChI=1S/C17H20N2/c1-17(2)10-9-14-7-5-13(12-16(14)17)6-8-15-4-3-11-18-19-15/h3-5,7,11-12H,6,8-10H2,1-2H3. The summed E-state index contributed by atoms with van der Waals surface area (Å²) in [4.78, 5) is 0. The van der Waals surface area contributed by atoms with Crippen LogP contribution in [-0.2, 0) is 24.7 Å². The van der Waals surface area contributed by atoms with E-state index in [1.807, 2.05) is 12.1 Å². The van der Waals surface area contributed by atoms with Gasteiger partial charge in [0, 0.05) is 6.20 Å². The highest BCUT2D eigenvalue weighted by molar-refractivity contribution is 5.41. The van der Waals surface area contributed by atoms with Gasteiger partial charge in [-0.3, -0.25) is 0 Å². The molecule has 0 saturated heterocycles. The van der Waals surface area contributed by atoms with Crippen molar-refractivity contribution in [2.45, 2.75) is 44.9 Å². The summed E-state index contributed by atoms with van der Waals surface area (Å²) in [6.45, 7) is 4.70. The Morgan fingerprint density at radius 1 is 1.16 bits per heavy atom. The molecule has 0 saturated carbocycles. The van der Waals surface area contributed by atoms with Crippen molar-refractivity contribution in [3.05, 3.63) is 58.9 Å². The largest absolute Gasteiger partial charge is 0.159 e. The second-order valence-electron chi connectivity index (χ2n) is 6.09.